The topological polar surface area (TPSA) is 110 Å². The molecule has 2 aromatic rings. The molecule has 2 fully saturated rings. The number of piperidine rings is 1. The summed E-state index contributed by atoms with van der Waals surface area (Å²) in [6, 6.07) is 1.53. The highest BCUT2D eigenvalue weighted by atomic mass is 16.6. The Morgan fingerprint density at radius 2 is 1.89 bits per heavy atom. The molecule has 0 unspecified atom stereocenters. The van der Waals surface area contributed by atoms with Gasteiger partial charge >= 0.3 is 12.1 Å². The number of ether oxygens (including phenoxy) is 2. The van der Waals surface area contributed by atoms with Crippen molar-refractivity contribution >= 4 is 23.3 Å². The van der Waals surface area contributed by atoms with Gasteiger partial charge in [-0.05, 0) is 77.3 Å². The second kappa shape index (κ2) is 10.3. The largest absolute Gasteiger partial charge is 0.504 e. The zero-order valence-electron chi connectivity index (χ0n) is 22.7. The maximum atomic E-state index is 13.3. The van der Waals surface area contributed by atoms with Crippen molar-refractivity contribution < 1.29 is 24.2 Å². The summed E-state index contributed by atoms with van der Waals surface area (Å²) in [6.07, 6.45) is 4.66. The van der Waals surface area contributed by atoms with Gasteiger partial charge in [-0.15, -0.1) is 0 Å². The highest BCUT2D eigenvalue weighted by Gasteiger charge is 2.34. The van der Waals surface area contributed by atoms with E-state index in [1.54, 1.807) is 13.0 Å². The number of carbonyl (C=O) groups excluding carboxylic acids is 2. The maximum Gasteiger partial charge on any atom is 0.407 e. The Balaban J connectivity index is 1.76. The highest BCUT2D eigenvalue weighted by Crippen LogP contribution is 2.45. The number of alkyl carbamates (subject to hydrolysis) is 1. The summed E-state index contributed by atoms with van der Waals surface area (Å²) in [5.74, 6) is -0.128. The first-order chi connectivity index (χ1) is 17.4. The number of esters is 1. The Hall–Kier alpha value is -3.23. The summed E-state index contributed by atoms with van der Waals surface area (Å²) < 4.78 is 12.0. The van der Waals surface area contributed by atoms with Gasteiger partial charge in [0.15, 0.2) is 5.75 Å². The first kappa shape index (κ1) is 26.8. The minimum atomic E-state index is -0.650. The van der Waals surface area contributed by atoms with Gasteiger partial charge in [-0.25, -0.2) is 9.59 Å². The first-order valence-corrected chi connectivity index (χ1v) is 13.3. The SMILES string of the molecule is CCOC(=O)c1cc(C2CC2)c2c(C)c(N3C[C@@H](CC)C[C@H](NC(=O)OC(C)(C)C)C3)c(O)cn2c1=O. The van der Waals surface area contributed by atoms with Crippen molar-refractivity contribution in [2.24, 2.45) is 5.92 Å². The van der Waals surface area contributed by atoms with Crippen LogP contribution < -0.4 is 15.8 Å². The van der Waals surface area contributed by atoms with Gasteiger partial charge in [-0.3, -0.25) is 9.20 Å². The smallest absolute Gasteiger partial charge is 0.407 e. The quantitative estimate of drug-likeness (QED) is 0.548. The third-order valence-electron chi connectivity index (χ3n) is 7.13. The lowest BCUT2D eigenvalue weighted by molar-refractivity contribution is 0.0490. The highest BCUT2D eigenvalue weighted by molar-refractivity contribution is 5.91. The lowest BCUT2D eigenvalue weighted by Gasteiger charge is -2.40. The molecule has 1 aliphatic carbocycles. The zero-order valence-corrected chi connectivity index (χ0v) is 22.7. The van der Waals surface area contributed by atoms with Crippen molar-refractivity contribution in [1.82, 2.24) is 9.72 Å². The van der Waals surface area contributed by atoms with Crippen molar-refractivity contribution in [1.29, 1.82) is 0 Å². The van der Waals surface area contributed by atoms with Crippen molar-refractivity contribution in [3.8, 4) is 5.75 Å². The number of carbonyl (C=O) groups is 2. The van der Waals surface area contributed by atoms with E-state index in [0.29, 0.717) is 18.2 Å². The van der Waals surface area contributed by atoms with Crippen molar-refractivity contribution in [2.45, 2.75) is 84.8 Å². The van der Waals surface area contributed by atoms with Crippen LogP contribution in [0.15, 0.2) is 17.1 Å². The molecule has 0 aromatic carbocycles. The molecule has 1 aliphatic heterocycles. The van der Waals surface area contributed by atoms with Crippen molar-refractivity contribution in [3.63, 3.8) is 0 Å². The molecule has 9 nitrogen and oxygen atoms in total. The second-order valence-electron chi connectivity index (χ2n) is 11.3. The van der Waals surface area contributed by atoms with Gasteiger partial charge in [0.2, 0.25) is 0 Å². The molecular formula is C28H39N3O6. The van der Waals surface area contributed by atoms with Crippen molar-refractivity contribution in [2.75, 3.05) is 24.6 Å². The Morgan fingerprint density at radius 1 is 1.19 bits per heavy atom. The fourth-order valence-electron chi connectivity index (χ4n) is 5.38. The number of rotatable bonds is 6. The van der Waals surface area contributed by atoms with Crippen LogP contribution in [0.3, 0.4) is 0 Å². The van der Waals surface area contributed by atoms with Gasteiger partial charge in [-0.1, -0.05) is 13.3 Å². The van der Waals surface area contributed by atoms with Crippen LogP contribution in [0.1, 0.15) is 87.7 Å². The molecule has 0 bridgehead atoms. The van der Waals surface area contributed by atoms with E-state index in [0.717, 1.165) is 48.9 Å². The van der Waals surface area contributed by atoms with Crippen LogP contribution in [0.25, 0.3) is 5.52 Å². The van der Waals surface area contributed by atoms with E-state index in [1.807, 2.05) is 27.7 Å². The molecule has 1 saturated heterocycles. The summed E-state index contributed by atoms with van der Waals surface area (Å²) in [5, 5.41) is 14.2. The molecular weight excluding hydrogens is 474 g/mol. The Bertz CT molecular complexity index is 1260. The number of amides is 1. The fourth-order valence-corrected chi connectivity index (χ4v) is 5.38. The number of nitrogens with one attached hydrogen (secondary N) is 1. The van der Waals surface area contributed by atoms with Crippen LogP contribution in [-0.4, -0.2) is 52.9 Å². The summed E-state index contributed by atoms with van der Waals surface area (Å²) in [4.78, 5) is 40.4. The van der Waals surface area contributed by atoms with E-state index >= 15 is 0 Å². The average molecular weight is 514 g/mol. The number of fused-ring (bicyclic) bond motifs is 1. The molecule has 202 valence electrons. The number of pyridine rings is 2. The molecule has 0 radical (unpaired) electrons. The fraction of sp³-hybridized carbons (Fsp3) is 0.607. The number of aryl methyl sites for hydroxylation is 1. The van der Waals surface area contributed by atoms with Crippen LogP contribution in [0, 0.1) is 12.8 Å². The van der Waals surface area contributed by atoms with Crippen LogP contribution in [0.5, 0.6) is 5.75 Å². The maximum absolute atomic E-state index is 13.3. The number of anilines is 1. The second-order valence-corrected chi connectivity index (χ2v) is 11.3. The number of aromatic hydroxyl groups is 1. The third kappa shape index (κ3) is 5.70. The van der Waals surface area contributed by atoms with Gasteiger partial charge in [0.1, 0.15) is 11.2 Å². The van der Waals surface area contributed by atoms with Gasteiger partial charge in [0.25, 0.3) is 5.56 Å². The summed E-state index contributed by atoms with van der Waals surface area (Å²) in [7, 11) is 0. The Labute approximate surface area is 217 Å². The zero-order chi connectivity index (χ0) is 27.1. The third-order valence-corrected chi connectivity index (χ3v) is 7.13. The number of hydrogen-bond donors (Lipinski definition) is 2. The van der Waals surface area contributed by atoms with Crippen LogP contribution in [0.2, 0.25) is 0 Å². The monoisotopic (exact) mass is 513 g/mol. The molecule has 1 amide bonds. The van der Waals surface area contributed by atoms with Gasteiger partial charge in [-0.2, -0.15) is 0 Å². The van der Waals surface area contributed by atoms with E-state index in [4.69, 9.17) is 9.47 Å². The van der Waals surface area contributed by atoms with E-state index in [1.165, 1.54) is 10.6 Å². The molecule has 9 heteroatoms. The van der Waals surface area contributed by atoms with E-state index in [2.05, 4.69) is 17.1 Å². The summed E-state index contributed by atoms with van der Waals surface area (Å²) >= 11 is 0. The molecule has 2 aromatic heterocycles. The normalized spacial score (nSPS) is 20.1. The molecule has 0 spiro atoms. The van der Waals surface area contributed by atoms with Gasteiger partial charge in [0.05, 0.1) is 30.0 Å². The van der Waals surface area contributed by atoms with Crippen LogP contribution >= 0.6 is 0 Å². The van der Waals surface area contributed by atoms with Gasteiger partial charge < -0.3 is 24.8 Å². The minimum absolute atomic E-state index is 0.0153. The lowest BCUT2D eigenvalue weighted by Crippen LogP contribution is -2.52. The first-order valence-electron chi connectivity index (χ1n) is 13.3. The van der Waals surface area contributed by atoms with Gasteiger partial charge in [0, 0.05) is 18.7 Å². The predicted molar refractivity (Wildman–Crippen MR) is 142 cm³/mol. The standard InChI is InChI=1S/C28H39N3O6/c1-7-17-11-19(29-27(35)37-28(4,5)6)14-30(13-17)24-16(3)23-20(18-9-10-18)12-21(26(34)36-8-2)25(33)31(23)15-22(24)32/h12,15,17-19,32H,7-11,13-14H2,1-6H3,(H,29,35)/t17-,19-/m0/s1. The molecule has 2 atom stereocenters. The van der Waals surface area contributed by atoms with Crippen LogP contribution in [-0.2, 0) is 9.47 Å². The Morgan fingerprint density at radius 3 is 2.49 bits per heavy atom. The van der Waals surface area contributed by atoms with E-state index in [-0.39, 0.29) is 29.9 Å². The molecule has 2 N–H and O–H groups in total. The molecule has 37 heavy (non-hydrogen) atoms. The van der Waals surface area contributed by atoms with E-state index < -0.39 is 23.2 Å². The lowest BCUT2D eigenvalue weighted by atomic mass is 9.91. The average Bonchev–Trinajstić information content (AvgIpc) is 3.63. The molecule has 4 rings (SSSR count). The van der Waals surface area contributed by atoms with E-state index in [9.17, 15) is 19.5 Å². The van der Waals surface area contributed by atoms with Crippen LogP contribution in [0.4, 0.5) is 10.5 Å². The Kier molecular flexibility index (Phi) is 7.44. The summed E-state index contributed by atoms with van der Waals surface area (Å²) in [5.41, 5.74) is 1.97. The molecule has 2 aliphatic rings. The number of aromatic nitrogens is 1. The van der Waals surface area contributed by atoms with Crippen molar-refractivity contribution in [3.05, 3.63) is 39.3 Å². The molecule has 3 heterocycles. The number of nitrogens with zero attached hydrogens (tertiary/aromatic N) is 2. The summed E-state index contributed by atoms with van der Waals surface area (Å²) in [6.45, 7) is 12.6. The molecule has 1 saturated carbocycles. The minimum Gasteiger partial charge on any atom is -0.504 e. The predicted octanol–water partition coefficient (Wildman–Crippen LogP) is 4.50. The number of hydrogen-bond acceptors (Lipinski definition) is 7.